The van der Waals surface area contributed by atoms with Crippen LogP contribution < -0.4 is 10.6 Å². The Morgan fingerprint density at radius 3 is 2.79 bits per heavy atom. The van der Waals surface area contributed by atoms with Gasteiger partial charge in [0.2, 0.25) is 0 Å². The van der Waals surface area contributed by atoms with Crippen LogP contribution in [0.4, 0.5) is 0 Å². The standard InChI is InChI=1S/C10H17N3O/c14-7-6-11-4-5-13-9-10-2-1-3-12-8-10/h1-3,8,11,13-14H,4-7,9H2. The van der Waals surface area contributed by atoms with Gasteiger partial charge < -0.3 is 15.7 Å². The summed E-state index contributed by atoms with van der Waals surface area (Å²) < 4.78 is 0. The van der Waals surface area contributed by atoms with Crippen molar-refractivity contribution in [2.24, 2.45) is 0 Å². The molecule has 78 valence electrons. The van der Waals surface area contributed by atoms with Crippen LogP contribution in [0.1, 0.15) is 5.56 Å². The monoisotopic (exact) mass is 195 g/mol. The molecule has 0 atom stereocenters. The highest BCUT2D eigenvalue weighted by Gasteiger charge is 1.90. The molecule has 1 aromatic heterocycles. The number of nitrogens with one attached hydrogen (secondary N) is 2. The van der Waals surface area contributed by atoms with E-state index in [0.717, 1.165) is 19.6 Å². The van der Waals surface area contributed by atoms with E-state index in [4.69, 9.17) is 5.11 Å². The van der Waals surface area contributed by atoms with Gasteiger partial charge in [-0.05, 0) is 11.6 Å². The number of rotatable bonds is 7. The number of hydrogen-bond acceptors (Lipinski definition) is 4. The van der Waals surface area contributed by atoms with E-state index in [2.05, 4.69) is 15.6 Å². The van der Waals surface area contributed by atoms with Crippen LogP contribution in [0.25, 0.3) is 0 Å². The Bertz CT molecular complexity index is 228. The Balaban J connectivity index is 1.99. The Hall–Kier alpha value is -0.970. The summed E-state index contributed by atoms with van der Waals surface area (Å²) in [6, 6.07) is 3.97. The Morgan fingerprint density at radius 2 is 2.07 bits per heavy atom. The molecule has 0 saturated carbocycles. The second-order valence-electron chi connectivity index (χ2n) is 3.01. The number of aromatic nitrogens is 1. The fourth-order valence-corrected chi connectivity index (χ4v) is 1.12. The van der Waals surface area contributed by atoms with E-state index in [-0.39, 0.29) is 6.61 Å². The third-order valence-corrected chi connectivity index (χ3v) is 1.82. The maximum atomic E-state index is 8.51. The zero-order valence-corrected chi connectivity index (χ0v) is 8.24. The molecule has 1 rings (SSSR count). The number of hydrogen-bond donors (Lipinski definition) is 3. The molecule has 0 aliphatic rings. The lowest BCUT2D eigenvalue weighted by Crippen LogP contribution is -2.28. The van der Waals surface area contributed by atoms with Gasteiger partial charge in [-0.3, -0.25) is 4.98 Å². The molecule has 0 radical (unpaired) electrons. The molecule has 0 saturated heterocycles. The molecule has 4 heteroatoms. The lowest BCUT2D eigenvalue weighted by atomic mass is 10.3. The average Bonchev–Trinajstić information content (AvgIpc) is 2.25. The quantitative estimate of drug-likeness (QED) is 0.525. The van der Waals surface area contributed by atoms with Crippen LogP contribution >= 0.6 is 0 Å². The lowest BCUT2D eigenvalue weighted by Gasteiger charge is -2.04. The summed E-state index contributed by atoms with van der Waals surface area (Å²) in [6.45, 7) is 3.47. The summed E-state index contributed by atoms with van der Waals surface area (Å²) in [4.78, 5) is 4.02. The molecular weight excluding hydrogens is 178 g/mol. The Morgan fingerprint density at radius 1 is 1.21 bits per heavy atom. The molecule has 1 heterocycles. The van der Waals surface area contributed by atoms with Gasteiger partial charge in [0, 0.05) is 38.6 Å². The van der Waals surface area contributed by atoms with E-state index in [1.54, 1.807) is 6.20 Å². The molecule has 14 heavy (non-hydrogen) atoms. The summed E-state index contributed by atoms with van der Waals surface area (Å²) in [7, 11) is 0. The zero-order chi connectivity index (χ0) is 10.1. The fourth-order valence-electron chi connectivity index (χ4n) is 1.12. The molecular formula is C10H17N3O. The molecule has 0 spiro atoms. The predicted molar refractivity (Wildman–Crippen MR) is 55.9 cm³/mol. The topological polar surface area (TPSA) is 57.2 Å². The SMILES string of the molecule is OCCNCCNCc1cccnc1. The van der Waals surface area contributed by atoms with Crippen LogP contribution in [-0.4, -0.2) is 36.3 Å². The van der Waals surface area contributed by atoms with E-state index in [0.29, 0.717) is 6.54 Å². The molecule has 0 aliphatic carbocycles. The molecule has 0 aromatic carbocycles. The van der Waals surface area contributed by atoms with Crippen molar-refractivity contribution < 1.29 is 5.11 Å². The van der Waals surface area contributed by atoms with Crippen molar-refractivity contribution in [3.05, 3.63) is 30.1 Å². The molecule has 0 fully saturated rings. The van der Waals surface area contributed by atoms with E-state index in [1.165, 1.54) is 5.56 Å². The summed E-state index contributed by atoms with van der Waals surface area (Å²) in [5.74, 6) is 0. The molecule has 0 bridgehead atoms. The van der Waals surface area contributed by atoms with E-state index < -0.39 is 0 Å². The van der Waals surface area contributed by atoms with Gasteiger partial charge in [-0.15, -0.1) is 0 Å². The van der Waals surface area contributed by atoms with Crippen LogP contribution in [0.2, 0.25) is 0 Å². The van der Waals surface area contributed by atoms with Crippen molar-refractivity contribution in [1.29, 1.82) is 0 Å². The van der Waals surface area contributed by atoms with E-state index in [9.17, 15) is 0 Å². The van der Waals surface area contributed by atoms with Gasteiger partial charge in [-0.1, -0.05) is 6.07 Å². The largest absolute Gasteiger partial charge is 0.395 e. The third kappa shape index (κ3) is 4.91. The zero-order valence-electron chi connectivity index (χ0n) is 8.24. The number of nitrogens with zero attached hydrogens (tertiary/aromatic N) is 1. The van der Waals surface area contributed by atoms with Gasteiger partial charge in [0.15, 0.2) is 0 Å². The third-order valence-electron chi connectivity index (χ3n) is 1.82. The highest BCUT2D eigenvalue weighted by molar-refractivity contribution is 5.07. The molecule has 0 aliphatic heterocycles. The van der Waals surface area contributed by atoms with Crippen molar-refractivity contribution >= 4 is 0 Å². The maximum absolute atomic E-state index is 8.51. The van der Waals surface area contributed by atoms with Crippen LogP contribution in [0.3, 0.4) is 0 Å². The first kappa shape index (κ1) is 11.1. The van der Waals surface area contributed by atoms with E-state index >= 15 is 0 Å². The predicted octanol–water partition coefficient (Wildman–Crippen LogP) is -0.247. The van der Waals surface area contributed by atoms with Crippen LogP contribution in [-0.2, 0) is 6.54 Å². The number of aliphatic hydroxyl groups excluding tert-OH is 1. The highest BCUT2D eigenvalue weighted by atomic mass is 16.3. The molecule has 4 nitrogen and oxygen atoms in total. The number of pyridine rings is 1. The molecule has 3 N–H and O–H groups in total. The first-order valence-electron chi connectivity index (χ1n) is 4.84. The number of aliphatic hydroxyl groups is 1. The molecule has 0 unspecified atom stereocenters. The summed E-state index contributed by atoms with van der Waals surface area (Å²) >= 11 is 0. The summed E-state index contributed by atoms with van der Waals surface area (Å²) in [6.07, 6.45) is 3.63. The second-order valence-corrected chi connectivity index (χ2v) is 3.01. The normalized spacial score (nSPS) is 10.4. The van der Waals surface area contributed by atoms with Gasteiger partial charge in [-0.25, -0.2) is 0 Å². The van der Waals surface area contributed by atoms with Gasteiger partial charge in [0.1, 0.15) is 0 Å². The van der Waals surface area contributed by atoms with Crippen molar-refractivity contribution in [2.75, 3.05) is 26.2 Å². The smallest absolute Gasteiger partial charge is 0.0555 e. The van der Waals surface area contributed by atoms with Gasteiger partial charge in [0.05, 0.1) is 6.61 Å². The van der Waals surface area contributed by atoms with Crippen molar-refractivity contribution in [3.8, 4) is 0 Å². The average molecular weight is 195 g/mol. The van der Waals surface area contributed by atoms with Gasteiger partial charge in [-0.2, -0.15) is 0 Å². The first-order valence-corrected chi connectivity index (χ1v) is 4.84. The fraction of sp³-hybridized carbons (Fsp3) is 0.500. The van der Waals surface area contributed by atoms with Crippen molar-refractivity contribution in [1.82, 2.24) is 15.6 Å². The second kappa shape index (κ2) is 7.44. The highest BCUT2D eigenvalue weighted by Crippen LogP contribution is 1.93. The van der Waals surface area contributed by atoms with Gasteiger partial charge in [0.25, 0.3) is 0 Å². The first-order chi connectivity index (χ1) is 6.93. The van der Waals surface area contributed by atoms with Crippen LogP contribution in [0.15, 0.2) is 24.5 Å². The van der Waals surface area contributed by atoms with E-state index in [1.807, 2.05) is 18.3 Å². The van der Waals surface area contributed by atoms with Crippen LogP contribution in [0.5, 0.6) is 0 Å². The lowest BCUT2D eigenvalue weighted by molar-refractivity contribution is 0.292. The van der Waals surface area contributed by atoms with Crippen molar-refractivity contribution in [3.63, 3.8) is 0 Å². The maximum Gasteiger partial charge on any atom is 0.0555 e. The van der Waals surface area contributed by atoms with Crippen LogP contribution in [0, 0.1) is 0 Å². The minimum Gasteiger partial charge on any atom is -0.395 e. The molecule has 1 aromatic rings. The van der Waals surface area contributed by atoms with Crippen molar-refractivity contribution in [2.45, 2.75) is 6.54 Å². The Labute approximate surface area is 84.4 Å². The minimum atomic E-state index is 0.197. The summed E-state index contributed by atoms with van der Waals surface area (Å²) in [5, 5.41) is 14.9. The Kier molecular flexibility index (Phi) is 5.90. The minimum absolute atomic E-state index is 0.197. The van der Waals surface area contributed by atoms with Gasteiger partial charge >= 0.3 is 0 Å². The summed E-state index contributed by atoms with van der Waals surface area (Å²) in [5.41, 5.74) is 1.19. The molecule has 0 amide bonds.